The van der Waals surface area contributed by atoms with Gasteiger partial charge in [-0.3, -0.25) is 0 Å². The molecule has 1 aliphatic rings. The predicted molar refractivity (Wildman–Crippen MR) is 67.1 cm³/mol. The Morgan fingerprint density at radius 2 is 2.00 bits per heavy atom. The average Bonchev–Trinajstić information content (AvgIpc) is 2.40. The van der Waals surface area contributed by atoms with Gasteiger partial charge in [0.05, 0.1) is 12.3 Å². The second-order valence-electron chi connectivity index (χ2n) is 4.65. The summed E-state index contributed by atoms with van der Waals surface area (Å²) in [7, 11) is -5.62. The summed E-state index contributed by atoms with van der Waals surface area (Å²) in [5, 5.41) is 2.68. The fourth-order valence-electron chi connectivity index (χ4n) is 2.04. The molecule has 1 unspecified atom stereocenters. The molecule has 1 aromatic rings. The highest BCUT2D eigenvalue weighted by atomic mass is 32.2. The number of anilines is 1. The number of rotatable bonds is 3. The number of nitrogens with one attached hydrogen (secondary N) is 1. The lowest BCUT2D eigenvalue weighted by Gasteiger charge is -2.25. The van der Waals surface area contributed by atoms with Crippen molar-refractivity contribution in [3.05, 3.63) is 24.0 Å². The molecule has 1 aromatic carbocycles. The van der Waals surface area contributed by atoms with Gasteiger partial charge in [0.15, 0.2) is 0 Å². The van der Waals surface area contributed by atoms with Crippen molar-refractivity contribution in [1.82, 2.24) is 0 Å². The topological polar surface area (TPSA) is 55.4 Å². The van der Waals surface area contributed by atoms with Crippen molar-refractivity contribution in [2.75, 3.05) is 18.5 Å². The van der Waals surface area contributed by atoms with Crippen LogP contribution in [0.4, 0.5) is 23.2 Å². The Balaban J connectivity index is 2.38. The van der Waals surface area contributed by atoms with E-state index >= 15 is 0 Å². The third kappa shape index (κ3) is 3.46. The van der Waals surface area contributed by atoms with Crippen LogP contribution in [0, 0.1) is 5.82 Å². The van der Waals surface area contributed by atoms with Crippen LogP contribution in [0.1, 0.15) is 12.8 Å². The molecule has 2 rings (SSSR count). The average molecular weight is 327 g/mol. The summed E-state index contributed by atoms with van der Waals surface area (Å²) in [4.78, 5) is -1.11. The van der Waals surface area contributed by atoms with Gasteiger partial charge in [-0.2, -0.15) is 13.2 Å². The zero-order valence-electron chi connectivity index (χ0n) is 10.8. The van der Waals surface area contributed by atoms with Crippen molar-refractivity contribution in [1.29, 1.82) is 0 Å². The molecule has 1 heterocycles. The van der Waals surface area contributed by atoms with Gasteiger partial charge in [0, 0.05) is 12.6 Å². The van der Waals surface area contributed by atoms with Crippen molar-refractivity contribution in [2.45, 2.75) is 29.3 Å². The fraction of sp³-hybridized carbons (Fsp3) is 0.500. The molecule has 0 aromatic heterocycles. The van der Waals surface area contributed by atoms with E-state index in [1.807, 2.05) is 0 Å². The third-order valence-electron chi connectivity index (χ3n) is 3.06. The quantitative estimate of drug-likeness (QED) is 0.868. The first-order valence-electron chi connectivity index (χ1n) is 6.17. The lowest BCUT2D eigenvalue weighted by atomic mass is 10.1. The van der Waals surface area contributed by atoms with Crippen molar-refractivity contribution >= 4 is 15.5 Å². The van der Waals surface area contributed by atoms with E-state index in [4.69, 9.17) is 4.74 Å². The van der Waals surface area contributed by atoms with Crippen LogP contribution in [0.5, 0.6) is 0 Å². The van der Waals surface area contributed by atoms with Crippen LogP contribution in [0.3, 0.4) is 0 Å². The largest absolute Gasteiger partial charge is 0.501 e. The van der Waals surface area contributed by atoms with Gasteiger partial charge < -0.3 is 10.1 Å². The predicted octanol–water partition coefficient (Wildman–Crippen LogP) is 2.71. The van der Waals surface area contributed by atoms with Gasteiger partial charge in [-0.05, 0) is 31.0 Å². The Morgan fingerprint density at radius 3 is 2.57 bits per heavy atom. The molecule has 1 saturated heterocycles. The molecule has 0 radical (unpaired) electrons. The summed E-state index contributed by atoms with van der Waals surface area (Å²) < 4.78 is 79.3. The summed E-state index contributed by atoms with van der Waals surface area (Å²) in [6, 6.07) is 1.95. The highest BCUT2D eigenvalue weighted by Gasteiger charge is 2.48. The molecule has 118 valence electrons. The van der Waals surface area contributed by atoms with Gasteiger partial charge in [-0.15, -0.1) is 0 Å². The standard InChI is InChI=1S/C12H13F4NO3S/c13-8-3-4-10(17-9-2-1-5-20-7-9)11(6-8)21(18,19)12(14,15)16/h3-4,6,9,17H,1-2,5,7H2. The van der Waals surface area contributed by atoms with E-state index in [0.29, 0.717) is 25.5 Å². The number of hydrogen-bond acceptors (Lipinski definition) is 4. The highest BCUT2D eigenvalue weighted by Crippen LogP contribution is 2.35. The smallest absolute Gasteiger partial charge is 0.379 e. The van der Waals surface area contributed by atoms with Gasteiger partial charge in [0.1, 0.15) is 10.7 Å². The van der Waals surface area contributed by atoms with Crippen molar-refractivity contribution in [3.8, 4) is 0 Å². The molecule has 0 bridgehead atoms. The number of hydrogen-bond donors (Lipinski definition) is 1. The molecule has 4 nitrogen and oxygen atoms in total. The summed E-state index contributed by atoms with van der Waals surface area (Å²) in [6.45, 7) is 0.804. The summed E-state index contributed by atoms with van der Waals surface area (Å²) in [5.41, 5.74) is -5.76. The zero-order chi connectivity index (χ0) is 15.7. The molecule has 9 heteroatoms. The van der Waals surface area contributed by atoms with Crippen LogP contribution in [-0.2, 0) is 14.6 Å². The van der Waals surface area contributed by atoms with Crippen LogP contribution in [-0.4, -0.2) is 33.2 Å². The first kappa shape index (κ1) is 16.0. The second kappa shape index (κ2) is 5.80. The van der Waals surface area contributed by atoms with Gasteiger partial charge >= 0.3 is 5.51 Å². The van der Waals surface area contributed by atoms with Gasteiger partial charge in [-0.1, -0.05) is 0 Å². The van der Waals surface area contributed by atoms with Crippen LogP contribution in [0.15, 0.2) is 23.1 Å². The Bertz CT molecular complexity index is 609. The fourth-order valence-corrected chi connectivity index (χ4v) is 2.97. The van der Waals surface area contributed by atoms with Gasteiger partial charge in [0.25, 0.3) is 9.84 Å². The van der Waals surface area contributed by atoms with Crippen molar-refractivity contribution in [2.24, 2.45) is 0 Å². The number of benzene rings is 1. The zero-order valence-corrected chi connectivity index (χ0v) is 11.6. The Morgan fingerprint density at radius 1 is 1.29 bits per heavy atom. The monoisotopic (exact) mass is 327 g/mol. The molecule has 1 aliphatic heterocycles. The first-order valence-corrected chi connectivity index (χ1v) is 7.65. The summed E-state index contributed by atoms with van der Waals surface area (Å²) in [5.74, 6) is -1.05. The molecular formula is C12H13F4NO3S. The van der Waals surface area contributed by atoms with Crippen LogP contribution >= 0.6 is 0 Å². The van der Waals surface area contributed by atoms with E-state index in [1.54, 1.807) is 0 Å². The van der Waals surface area contributed by atoms with Crippen LogP contribution in [0.2, 0.25) is 0 Å². The minimum atomic E-state index is -5.62. The number of ether oxygens (including phenoxy) is 1. The first-order chi connectivity index (χ1) is 9.72. The molecule has 0 saturated carbocycles. The lowest BCUT2D eigenvalue weighted by Crippen LogP contribution is -2.31. The van der Waals surface area contributed by atoms with Crippen LogP contribution in [0.25, 0.3) is 0 Å². The second-order valence-corrected chi connectivity index (χ2v) is 6.56. The molecule has 0 aliphatic carbocycles. The number of sulfone groups is 1. The maximum absolute atomic E-state index is 13.2. The van der Waals surface area contributed by atoms with Crippen LogP contribution < -0.4 is 5.32 Å². The number of alkyl halides is 3. The summed E-state index contributed by atoms with van der Waals surface area (Å²) in [6.07, 6.45) is 1.34. The van der Waals surface area contributed by atoms with Crippen molar-refractivity contribution < 1.29 is 30.7 Å². The maximum atomic E-state index is 13.2. The van der Waals surface area contributed by atoms with E-state index in [9.17, 15) is 26.0 Å². The van der Waals surface area contributed by atoms with E-state index in [2.05, 4.69) is 5.32 Å². The highest BCUT2D eigenvalue weighted by molar-refractivity contribution is 7.92. The molecular weight excluding hydrogens is 314 g/mol. The van der Waals surface area contributed by atoms with E-state index in [-0.39, 0.29) is 18.3 Å². The third-order valence-corrected chi connectivity index (χ3v) is 4.58. The molecule has 1 N–H and O–H groups in total. The van der Waals surface area contributed by atoms with Crippen molar-refractivity contribution in [3.63, 3.8) is 0 Å². The Hall–Kier alpha value is -1.35. The van der Waals surface area contributed by atoms with E-state index < -0.39 is 26.1 Å². The van der Waals surface area contributed by atoms with Gasteiger partial charge in [-0.25, -0.2) is 12.8 Å². The lowest BCUT2D eigenvalue weighted by molar-refractivity contribution is -0.0435. The molecule has 21 heavy (non-hydrogen) atoms. The summed E-state index contributed by atoms with van der Waals surface area (Å²) >= 11 is 0. The molecule has 1 fully saturated rings. The number of halogens is 4. The Kier molecular flexibility index (Phi) is 4.43. The van der Waals surface area contributed by atoms with E-state index in [1.165, 1.54) is 0 Å². The minimum Gasteiger partial charge on any atom is -0.379 e. The minimum absolute atomic E-state index is 0.253. The van der Waals surface area contributed by atoms with Gasteiger partial charge in [0.2, 0.25) is 0 Å². The SMILES string of the molecule is O=S(=O)(c1cc(F)ccc1NC1CCCOC1)C(F)(F)F. The van der Waals surface area contributed by atoms with E-state index in [0.717, 1.165) is 12.1 Å². The molecule has 0 amide bonds. The molecule has 0 spiro atoms. The normalized spacial score (nSPS) is 20.3. The Labute approximate surface area is 119 Å². The molecule has 1 atom stereocenters. The maximum Gasteiger partial charge on any atom is 0.501 e.